The van der Waals surface area contributed by atoms with Gasteiger partial charge in [-0.15, -0.1) is 0 Å². The minimum absolute atomic E-state index is 0.145. The Labute approximate surface area is 93.2 Å². The van der Waals surface area contributed by atoms with Gasteiger partial charge < -0.3 is 4.42 Å². The highest BCUT2D eigenvalue weighted by Crippen LogP contribution is 2.09. The zero-order valence-electron chi connectivity index (χ0n) is 9.18. The second-order valence-corrected chi connectivity index (χ2v) is 3.52. The molecule has 82 valence electrons. The zero-order chi connectivity index (χ0) is 11.5. The molecule has 0 aliphatic rings. The summed E-state index contributed by atoms with van der Waals surface area (Å²) in [5.41, 5.74) is 1.83. The van der Waals surface area contributed by atoms with E-state index in [1.54, 1.807) is 22.9 Å². The number of hydrogen-bond donors (Lipinski definition) is 0. The van der Waals surface area contributed by atoms with Crippen LogP contribution in [0.2, 0.25) is 0 Å². The van der Waals surface area contributed by atoms with Gasteiger partial charge in [-0.2, -0.15) is 5.10 Å². The smallest absolute Gasteiger partial charge is 0.221 e. The summed E-state index contributed by atoms with van der Waals surface area (Å²) < 4.78 is 6.71. The largest absolute Gasteiger partial charge is 0.461 e. The maximum Gasteiger partial charge on any atom is 0.221 e. The van der Waals surface area contributed by atoms with Gasteiger partial charge in [-0.1, -0.05) is 0 Å². The van der Waals surface area contributed by atoms with Gasteiger partial charge in [0.15, 0.2) is 5.76 Å². The first-order valence-electron chi connectivity index (χ1n) is 4.93. The number of carbonyl (C=O) groups is 1. The van der Waals surface area contributed by atoms with E-state index in [1.807, 2.05) is 20.2 Å². The molecule has 0 fully saturated rings. The standard InChI is InChI=1S/C12H12N2O2/c1-9-10(8-14(2)13-9)5-6-11(15)12-4-3-7-16-12/h3-8H,1-2H3/b6-5+. The topological polar surface area (TPSA) is 48.0 Å². The highest BCUT2D eigenvalue weighted by Gasteiger charge is 2.05. The van der Waals surface area contributed by atoms with Crippen LogP contribution in [0, 0.1) is 6.92 Å². The van der Waals surface area contributed by atoms with Crippen LogP contribution >= 0.6 is 0 Å². The zero-order valence-corrected chi connectivity index (χ0v) is 9.18. The summed E-state index contributed by atoms with van der Waals surface area (Å²) in [7, 11) is 1.85. The first-order valence-corrected chi connectivity index (χ1v) is 4.93. The Morgan fingerprint density at radius 1 is 1.56 bits per heavy atom. The van der Waals surface area contributed by atoms with Crippen LogP contribution in [0.4, 0.5) is 0 Å². The van der Waals surface area contributed by atoms with Crippen molar-refractivity contribution in [2.75, 3.05) is 0 Å². The van der Waals surface area contributed by atoms with Crippen molar-refractivity contribution in [1.29, 1.82) is 0 Å². The summed E-state index contributed by atoms with van der Waals surface area (Å²) in [4.78, 5) is 11.6. The number of hydrogen-bond acceptors (Lipinski definition) is 3. The monoisotopic (exact) mass is 216 g/mol. The van der Waals surface area contributed by atoms with Crippen LogP contribution in [0.3, 0.4) is 0 Å². The predicted octanol–water partition coefficient (Wildman–Crippen LogP) is 2.22. The second kappa shape index (κ2) is 4.18. The Morgan fingerprint density at radius 2 is 2.38 bits per heavy atom. The fraction of sp³-hybridized carbons (Fsp3) is 0.167. The van der Waals surface area contributed by atoms with E-state index >= 15 is 0 Å². The molecule has 2 heterocycles. The van der Waals surface area contributed by atoms with Crippen molar-refractivity contribution >= 4 is 11.9 Å². The van der Waals surface area contributed by atoms with E-state index < -0.39 is 0 Å². The molecule has 0 unspecified atom stereocenters. The van der Waals surface area contributed by atoms with E-state index in [2.05, 4.69) is 5.10 Å². The number of nitrogens with zero attached hydrogens (tertiary/aromatic N) is 2. The predicted molar refractivity (Wildman–Crippen MR) is 60.0 cm³/mol. The molecule has 4 nitrogen and oxygen atoms in total. The number of ketones is 1. The van der Waals surface area contributed by atoms with E-state index in [0.29, 0.717) is 5.76 Å². The molecule has 0 aromatic carbocycles. The Morgan fingerprint density at radius 3 is 2.94 bits per heavy atom. The molecular weight excluding hydrogens is 204 g/mol. The highest BCUT2D eigenvalue weighted by atomic mass is 16.3. The van der Waals surface area contributed by atoms with E-state index in [0.717, 1.165) is 11.3 Å². The van der Waals surface area contributed by atoms with E-state index in [1.165, 1.54) is 12.3 Å². The molecule has 0 atom stereocenters. The van der Waals surface area contributed by atoms with Crippen LogP contribution in [0.15, 0.2) is 35.1 Å². The number of allylic oxidation sites excluding steroid dienone is 1. The number of aromatic nitrogens is 2. The molecule has 0 aliphatic heterocycles. The molecule has 2 rings (SSSR count). The van der Waals surface area contributed by atoms with E-state index in [4.69, 9.17) is 4.42 Å². The van der Waals surface area contributed by atoms with Gasteiger partial charge in [0.1, 0.15) is 0 Å². The molecule has 0 spiro atoms. The fourth-order valence-electron chi connectivity index (χ4n) is 1.45. The normalized spacial score (nSPS) is 11.1. The van der Waals surface area contributed by atoms with Gasteiger partial charge in [-0.25, -0.2) is 0 Å². The van der Waals surface area contributed by atoms with Gasteiger partial charge in [0.05, 0.1) is 12.0 Å². The average Bonchev–Trinajstić information content (AvgIpc) is 2.84. The van der Waals surface area contributed by atoms with Crippen molar-refractivity contribution in [3.63, 3.8) is 0 Å². The second-order valence-electron chi connectivity index (χ2n) is 3.52. The molecule has 0 amide bonds. The van der Waals surface area contributed by atoms with Crippen LogP contribution in [-0.4, -0.2) is 15.6 Å². The van der Waals surface area contributed by atoms with Crippen LogP contribution in [-0.2, 0) is 7.05 Å². The first-order chi connectivity index (χ1) is 7.66. The summed E-state index contributed by atoms with van der Waals surface area (Å²) >= 11 is 0. The molecule has 0 bridgehead atoms. The van der Waals surface area contributed by atoms with Crippen LogP contribution < -0.4 is 0 Å². The van der Waals surface area contributed by atoms with Crippen LogP contribution in [0.25, 0.3) is 6.08 Å². The summed E-state index contributed by atoms with van der Waals surface area (Å²) in [5.74, 6) is 0.200. The highest BCUT2D eigenvalue weighted by molar-refractivity contribution is 6.04. The number of rotatable bonds is 3. The fourth-order valence-corrected chi connectivity index (χ4v) is 1.45. The third kappa shape index (κ3) is 2.11. The van der Waals surface area contributed by atoms with Gasteiger partial charge in [-0.3, -0.25) is 9.48 Å². The summed E-state index contributed by atoms with van der Waals surface area (Å²) in [6.07, 6.45) is 6.58. The molecule has 0 saturated heterocycles. The maximum absolute atomic E-state index is 11.6. The molecule has 0 aliphatic carbocycles. The quantitative estimate of drug-likeness (QED) is 0.583. The van der Waals surface area contributed by atoms with Gasteiger partial charge >= 0.3 is 0 Å². The average molecular weight is 216 g/mol. The molecule has 0 saturated carbocycles. The lowest BCUT2D eigenvalue weighted by Gasteiger charge is -1.88. The molecule has 16 heavy (non-hydrogen) atoms. The number of furan rings is 1. The summed E-state index contributed by atoms with van der Waals surface area (Å²) in [6, 6.07) is 3.33. The summed E-state index contributed by atoms with van der Waals surface area (Å²) in [6.45, 7) is 1.90. The minimum atomic E-state index is -0.145. The Hall–Kier alpha value is -2.10. The van der Waals surface area contributed by atoms with Crippen LogP contribution in [0.1, 0.15) is 21.8 Å². The molecule has 4 heteroatoms. The van der Waals surface area contributed by atoms with Crippen molar-refractivity contribution < 1.29 is 9.21 Å². The maximum atomic E-state index is 11.6. The van der Waals surface area contributed by atoms with Crippen LogP contribution in [0.5, 0.6) is 0 Å². The van der Waals surface area contributed by atoms with Crippen molar-refractivity contribution in [3.8, 4) is 0 Å². The Bertz CT molecular complexity index is 521. The SMILES string of the molecule is Cc1nn(C)cc1/C=C/C(=O)c1ccco1. The molecule has 2 aromatic heterocycles. The molecular formula is C12H12N2O2. The van der Waals surface area contributed by atoms with Gasteiger partial charge in [-0.05, 0) is 31.2 Å². The summed E-state index contributed by atoms with van der Waals surface area (Å²) in [5, 5.41) is 4.18. The lowest BCUT2D eigenvalue weighted by atomic mass is 10.2. The third-order valence-electron chi connectivity index (χ3n) is 2.23. The van der Waals surface area contributed by atoms with Crippen molar-refractivity contribution in [3.05, 3.63) is 47.7 Å². The number of aryl methyl sites for hydroxylation is 2. The lowest BCUT2D eigenvalue weighted by Crippen LogP contribution is -1.90. The minimum Gasteiger partial charge on any atom is -0.461 e. The van der Waals surface area contributed by atoms with E-state index in [-0.39, 0.29) is 5.78 Å². The van der Waals surface area contributed by atoms with E-state index in [9.17, 15) is 4.79 Å². The molecule has 0 N–H and O–H groups in total. The van der Waals surface area contributed by atoms with Crippen molar-refractivity contribution in [2.24, 2.45) is 7.05 Å². The first kappa shape index (κ1) is 10.4. The lowest BCUT2D eigenvalue weighted by molar-refractivity contribution is 0.102. The third-order valence-corrected chi connectivity index (χ3v) is 2.23. The molecule has 2 aromatic rings. The van der Waals surface area contributed by atoms with Crippen molar-refractivity contribution in [2.45, 2.75) is 6.92 Å². The number of carbonyl (C=O) groups excluding carboxylic acids is 1. The Balaban J connectivity index is 2.16. The van der Waals surface area contributed by atoms with Crippen molar-refractivity contribution in [1.82, 2.24) is 9.78 Å². The van der Waals surface area contributed by atoms with Gasteiger partial charge in [0.2, 0.25) is 5.78 Å². The Kier molecular flexibility index (Phi) is 2.72. The van der Waals surface area contributed by atoms with Gasteiger partial charge in [0.25, 0.3) is 0 Å². The van der Waals surface area contributed by atoms with Gasteiger partial charge in [0, 0.05) is 18.8 Å². The molecule has 0 radical (unpaired) electrons.